The lowest BCUT2D eigenvalue weighted by Gasteiger charge is -2.19. The van der Waals surface area contributed by atoms with Crippen molar-refractivity contribution in [2.24, 2.45) is 5.92 Å². The number of aryl methyl sites for hydroxylation is 2. The largest absolute Gasteiger partial charge is 0.456 e. The third-order valence-electron chi connectivity index (χ3n) is 3.98. The van der Waals surface area contributed by atoms with Crippen LogP contribution >= 0.6 is 11.3 Å². The summed E-state index contributed by atoms with van der Waals surface area (Å²) in [5.41, 5.74) is 0.930. The number of thiophene rings is 1. The molecule has 2 aromatic rings. The lowest BCUT2D eigenvalue weighted by molar-refractivity contribution is -0.144. The number of rotatable bonds is 9. The van der Waals surface area contributed by atoms with E-state index in [1.165, 1.54) is 23.5 Å². The van der Waals surface area contributed by atoms with Gasteiger partial charge < -0.3 is 4.74 Å². The van der Waals surface area contributed by atoms with Crippen molar-refractivity contribution in [3.05, 3.63) is 51.7 Å². The fraction of sp³-hybridized carbons (Fsp3) is 0.400. The molecule has 28 heavy (non-hydrogen) atoms. The van der Waals surface area contributed by atoms with Crippen molar-refractivity contribution in [2.45, 2.75) is 45.1 Å². The van der Waals surface area contributed by atoms with Gasteiger partial charge in [-0.15, -0.1) is 11.3 Å². The molecular formula is C20H25NO5S2. The van der Waals surface area contributed by atoms with Crippen LogP contribution in [0.4, 0.5) is 0 Å². The highest BCUT2D eigenvalue weighted by atomic mass is 32.2. The van der Waals surface area contributed by atoms with E-state index >= 15 is 0 Å². The number of carbonyl (C=O) groups is 2. The van der Waals surface area contributed by atoms with Crippen molar-refractivity contribution in [1.29, 1.82) is 0 Å². The Morgan fingerprint density at radius 1 is 1.07 bits per heavy atom. The highest BCUT2D eigenvalue weighted by Gasteiger charge is 2.28. The Hall–Kier alpha value is -2.03. The van der Waals surface area contributed by atoms with Gasteiger partial charge in [0.05, 0.1) is 9.77 Å². The number of sulfonamides is 1. The molecule has 0 spiro atoms. The molecule has 0 fully saturated rings. The first kappa shape index (κ1) is 22.3. The second-order valence-electron chi connectivity index (χ2n) is 7.06. The zero-order valence-electron chi connectivity index (χ0n) is 16.4. The lowest BCUT2D eigenvalue weighted by Crippen LogP contribution is -2.43. The van der Waals surface area contributed by atoms with Crippen molar-refractivity contribution in [1.82, 2.24) is 4.72 Å². The van der Waals surface area contributed by atoms with E-state index in [1.807, 2.05) is 33.8 Å². The molecule has 0 amide bonds. The Morgan fingerprint density at radius 2 is 1.71 bits per heavy atom. The van der Waals surface area contributed by atoms with E-state index in [-0.39, 0.29) is 23.0 Å². The van der Waals surface area contributed by atoms with Crippen LogP contribution in [0.15, 0.2) is 41.3 Å². The van der Waals surface area contributed by atoms with Crippen LogP contribution in [0.1, 0.15) is 40.4 Å². The van der Waals surface area contributed by atoms with E-state index < -0.39 is 28.6 Å². The maximum atomic E-state index is 12.6. The fourth-order valence-corrected chi connectivity index (χ4v) is 4.52. The minimum Gasteiger partial charge on any atom is -0.456 e. The summed E-state index contributed by atoms with van der Waals surface area (Å²) in [6.07, 6.45) is 0.260. The van der Waals surface area contributed by atoms with Crippen molar-refractivity contribution in [2.75, 3.05) is 6.61 Å². The SMILES string of the molecule is Cc1ccc(S(=O)(=O)N[C@@H](CC(C)C)C(=O)OCC(=O)c2ccc(C)s2)cc1. The third-order valence-corrected chi connectivity index (χ3v) is 6.51. The van der Waals surface area contributed by atoms with Crippen LogP contribution in [0.2, 0.25) is 0 Å². The summed E-state index contributed by atoms with van der Waals surface area (Å²) in [6.45, 7) is 7.07. The molecule has 0 aliphatic heterocycles. The predicted molar refractivity (Wildman–Crippen MR) is 109 cm³/mol. The summed E-state index contributed by atoms with van der Waals surface area (Å²) >= 11 is 1.32. The molecule has 0 aliphatic carbocycles. The molecule has 152 valence electrons. The lowest BCUT2D eigenvalue weighted by atomic mass is 10.1. The third kappa shape index (κ3) is 6.25. The molecule has 0 unspecified atom stereocenters. The molecule has 6 nitrogen and oxygen atoms in total. The first-order valence-electron chi connectivity index (χ1n) is 8.94. The molecule has 2 rings (SSSR count). The van der Waals surface area contributed by atoms with Crippen LogP contribution in [0.5, 0.6) is 0 Å². The van der Waals surface area contributed by atoms with Crippen LogP contribution in [0, 0.1) is 19.8 Å². The number of esters is 1. The summed E-state index contributed by atoms with van der Waals surface area (Å²) in [5, 5.41) is 0. The van der Waals surface area contributed by atoms with Crippen molar-refractivity contribution >= 4 is 33.1 Å². The van der Waals surface area contributed by atoms with Gasteiger partial charge in [0, 0.05) is 4.88 Å². The molecule has 1 atom stereocenters. The minimum atomic E-state index is -3.89. The number of ether oxygens (including phenoxy) is 1. The van der Waals surface area contributed by atoms with Crippen LogP contribution in [0.3, 0.4) is 0 Å². The van der Waals surface area contributed by atoms with Gasteiger partial charge in [0.25, 0.3) is 0 Å². The van der Waals surface area contributed by atoms with E-state index in [1.54, 1.807) is 18.2 Å². The molecule has 1 N–H and O–H groups in total. The number of hydrogen-bond acceptors (Lipinski definition) is 6. The smallest absolute Gasteiger partial charge is 0.324 e. The number of nitrogens with one attached hydrogen (secondary N) is 1. The summed E-state index contributed by atoms with van der Waals surface area (Å²) < 4.78 is 32.8. The maximum Gasteiger partial charge on any atom is 0.324 e. The summed E-state index contributed by atoms with van der Waals surface area (Å²) in [6, 6.07) is 8.77. The average molecular weight is 424 g/mol. The Morgan fingerprint density at radius 3 is 2.25 bits per heavy atom. The zero-order chi connectivity index (χ0) is 20.9. The first-order valence-corrected chi connectivity index (χ1v) is 11.2. The Balaban J connectivity index is 2.08. The van der Waals surface area contributed by atoms with Gasteiger partial charge in [-0.1, -0.05) is 31.5 Å². The van der Waals surface area contributed by atoms with Gasteiger partial charge in [-0.25, -0.2) is 8.42 Å². The number of carbonyl (C=O) groups excluding carboxylic acids is 2. The number of Topliss-reactive ketones (excluding diaryl/α,β-unsaturated/α-hetero) is 1. The van der Waals surface area contributed by atoms with Crippen LogP contribution in [-0.2, 0) is 19.6 Å². The second kappa shape index (κ2) is 9.45. The highest BCUT2D eigenvalue weighted by molar-refractivity contribution is 7.89. The molecule has 8 heteroatoms. The second-order valence-corrected chi connectivity index (χ2v) is 10.1. The molecule has 1 aromatic carbocycles. The quantitative estimate of drug-likeness (QED) is 0.493. The van der Waals surface area contributed by atoms with E-state index in [9.17, 15) is 18.0 Å². The molecule has 0 saturated carbocycles. The monoisotopic (exact) mass is 423 g/mol. The first-order chi connectivity index (χ1) is 13.1. The molecular weight excluding hydrogens is 398 g/mol. The molecule has 0 bridgehead atoms. The molecule has 0 radical (unpaired) electrons. The number of hydrogen-bond donors (Lipinski definition) is 1. The van der Waals surface area contributed by atoms with Crippen LogP contribution in [0.25, 0.3) is 0 Å². The van der Waals surface area contributed by atoms with E-state index in [0.29, 0.717) is 4.88 Å². The average Bonchev–Trinajstić information content (AvgIpc) is 3.05. The van der Waals surface area contributed by atoms with Crippen molar-refractivity contribution in [3.8, 4) is 0 Å². The predicted octanol–water partition coefficient (Wildman–Crippen LogP) is 3.48. The van der Waals surface area contributed by atoms with E-state index in [0.717, 1.165) is 10.4 Å². The van der Waals surface area contributed by atoms with E-state index in [4.69, 9.17) is 4.74 Å². The summed E-state index contributed by atoms with van der Waals surface area (Å²) in [5.74, 6) is -1.02. The van der Waals surface area contributed by atoms with Crippen molar-refractivity contribution < 1.29 is 22.7 Å². The summed E-state index contributed by atoms with van der Waals surface area (Å²) in [7, 11) is -3.89. The topological polar surface area (TPSA) is 89.5 Å². The number of benzene rings is 1. The molecule has 1 aromatic heterocycles. The van der Waals surface area contributed by atoms with Gasteiger partial charge >= 0.3 is 5.97 Å². The van der Waals surface area contributed by atoms with Gasteiger partial charge in [-0.2, -0.15) is 4.72 Å². The number of ketones is 1. The van der Waals surface area contributed by atoms with Gasteiger partial charge in [-0.05, 0) is 50.5 Å². The van der Waals surface area contributed by atoms with Gasteiger partial charge in [0.15, 0.2) is 6.61 Å². The normalized spacial score (nSPS) is 12.8. The van der Waals surface area contributed by atoms with Gasteiger partial charge in [0.2, 0.25) is 15.8 Å². The summed E-state index contributed by atoms with van der Waals surface area (Å²) in [4.78, 5) is 26.2. The molecule has 1 heterocycles. The Kier molecular flexibility index (Phi) is 7.51. The maximum absolute atomic E-state index is 12.6. The fourth-order valence-electron chi connectivity index (χ4n) is 2.53. The zero-order valence-corrected chi connectivity index (χ0v) is 18.0. The standard InChI is InChI=1S/C20H25NO5S2/c1-13(2)11-17(21-28(24,25)16-8-5-14(3)6-9-16)20(23)26-12-18(22)19-10-7-15(4)27-19/h5-10,13,17,21H,11-12H2,1-4H3/t17-/m0/s1. The van der Waals surface area contributed by atoms with Gasteiger partial charge in [-0.3, -0.25) is 9.59 Å². The van der Waals surface area contributed by atoms with E-state index in [2.05, 4.69) is 4.72 Å². The minimum absolute atomic E-state index is 0.0499. The Bertz CT molecular complexity index is 930. The highest BCUT2D eigenvalue weighted by Crippen LogP contribution is 2.17. The Labute approximate surface area is 170 Å². The van der Waals surface area contributed by atoms with Crippen LogP contribution < -0.4 is 4.72 Å². The van der Waals surface area contributed by atoms with Gasteiger partial charge in [0.1, 0.15) is 6.04 Å². The molecule has 0 aliphatic rings. The molecule has 0 saturated heterocycles. The van der Waals surface area contributed by atoms with Crippen molar-refractivity contribution in [3.63, 3.8) is 0 Å². The van der Waals surface area contributed by atoms with Crippen LogP contribution in [-0.4, -0.2) is 32.8 Å².